The molecule has 23 heavy (non-hydrogen) atoms. The molecular formula is C19H20O2S2. The molecule has 1 aliphatic rings. The second-order valence-corrected chi connectivity index (χ2v) is 8.35. The van der Waals surface area contributed by atoms with Crippen LogP contribution in [0.2, 0.25) is 0 Å². The highest BCUT2D eigenvalue weighted by molar-refractivity contribution is 8.19. The first-order valence-electron chi connectivity index (χ1n) is 7.82. The van der Waals surface area contributed by atoms with Crippen LogP contribution in [0.1, 0.15) is 23.0 Å². The highest BCUT2D eigenvalue weighted by Crippen LogP contribution is 2.51. The number of thioether (sulfide) groups is 2. The average molecular weight is 345 g/mol. The second-order valence-electron chi connectivity index (χ2n) is 5.51. The number of carbonyl (C=O) groups is 1. The van der Waals surface area contributed by atoms with Gasteiger partial charge in [0.2, 0.25) is 0 Å². The van der Waals surface area contributed by atoms with Crippen LogP contribution in [0.5, 0.6) is 0 Å². The van der Waals surface area contributed by atoms with Crippen LogP contribution in [-0.4, -0.2) is 23.6 Å². The van der Waals surface area contributed by atoms with Gasteiger partial charge < -0.3 is 4.74 Å². The van der Waals surface area contributed by atoms with Gasteiger partial charge in [-0.15, -0.1) is 23.5 Å². The summed E-state index contributed by atoms with van der Waals surface area (Å²) in [5, 5.41) is 3.30. The first kappa shape index (κ1) is 16.5. The fourth-order valence-corrected chi connectivity index (χ4v) is 6.28. The lowest BCUT2D eigenvalue weighted by atomic mass is 10.1. The van der Waals surface area contributed by atoms with E-state index < -0.39 is 0 Å². The standard InChI is InChI=1S/C19H20O2S2/c1-2-18(20)21-12-6-9-15-13-22-19(23-15)17-11-5-8-14-7-3-4-10-16(14)17/h2-5,7-8,10-11,15,19H,1,6,9,12-13H2/t15?,19-/m0/s1. The zero-order valence-electron chi connectivity index (χ0n) is 12.9. The van der Waals surface area contributed by atoms with Crippen molar-refractivity contribution >= 4 is 40.3 Å². The lowest BCUT2D eigenvalue weighted by Gasteiger charge is -2.13. The second kappa shape index (κ2) is 7.93. The molecule has 0 bridgehead atoms. The fraction of sp³-hybridized carbons (Fsp3) is 0.316. The molecule has 3 rings (SSSR count). The summed E-state index contributed by atoms with van der Waals surface area (Å²) in [6.45, 7) is 3.89. The van der Waals surface area contributed by atoms with Crippen LogP contribution in [0.15, 0.2) is 55.1 Å². The number of rotatable bonds is 6. The largest absolute Gasteiger partial charge is 0.463 e. The summed E-state index contributed by atoms with van der Waals surface area (Å²) in [5.74, 6) is 0.834. The molecule has 0 saturated carbocycles. The molecule has 0 N–H and O–H groups in total. The van der Waals surface area contributed by atoms with Gasteiger partial charge in [-0.05, 0) is 29.2 Å². The number of fused-ring (bicyclic) bond motifs is 1. The van der Waals surface area contributed by atoms with Gasteiger partial charge in [-0.25, -0.2) is 4.79 Å². The van der Waals surface area contributed by atoms with Gasteiger partial charge in [0, 0.05) is 17.1 Å². The predicted molar refractivity (Wildman–Crippen MR) is 101 cm³/mol. The Labute approximate surface area is 145 Å². The van der Waals surface area contributed by atoms with Gasteiger partial charge in [0.15, 0.2) is 0 Å². The van der Waals surface area contributed by atoms with E-state index in [1.165, 1.54) is 22.4 Å². The third-order valence-corrected chi connectivity index (χ3v) is 7.30. The molecule has 1 fully saturated rings. The quantitative estimate of drug-likeness (QED) is 0.409. The summed E-state index contributed by atoms with van der Waals surface area (Å²) < 4.78 is 5.55. The van der Waals surface area contributed by atoms with Crippen LogP contribution in [0.4, 0.5) is 0 Å². The third-order valence-electron chi connectivity index (χ3n) is 3.91. The zero-order valence-corrected chi connectivity index (χ0v) is 14.6. The maximum absolute atomic E-state index is 11.0. The van der Waals surface area contributed by atoms with E-state index in [0.29, 0.717) is 16.4 Å². The number of hydrogen-bond donors (Lipinski definition) is 0. The van der Waals surface area contributed by atoms with Gasteiger partial charge >= 0.3 is 5.97 Å². The normalized spacial score (nSPS) is 20.5. The molecule has 0 radical (unpaired) electrons. The Hall–Kier alpha value is -1.39. The molecule has 2 nitrogen and oxygen atoms in total. The number of carbonyl (C=O) groups excluding carboxylic acids is 1. The molecule has 0 aromatic heterocycles. The van der Waals surface area contributed by atoms with Crippen LogP contribution in [0, 0.1) is 0 Å². The average Bonchev–Trinajstić information content (AvgIpc) is 3.06. The number of esters is 1. The lowest BCUT2D eigenvalue weighted by molar-refractivity contribution is -0.137. The summed E-state index contributed by atoms with van der Waals surface area (Å²) >= 11 is 4.07. The van der Waals surface area contributed by atoms with Crippen molar-refractivity contribution < 1.29 is 9.53 Å². The summed E-state index contributed by atoms with van der Waals surface area (Å²) in [7, 11) is 0. The molecule has 0 spiro atoms. The van der Waals surface area contributed by atoms with E-state index in [9.17, 15) is 4.79 Å². The molecule has 1 heterocycles. The molecule has 0 aliphatic carbocycles. The van der Waals surface area contributed by atoms with E-state index in [1.54, 1.807) is 0 Å². The first-order chi connectivity index (χ1) is 11.3. The molecule has 0 amide bonds. The zero-order chi connectivity index (χ0) is 16.1. The Balaban J connectivity index is 1.57. The Morgan fingerprint density at radius 2 is 2.09 bits per heavy atom. The molecule has 120 valence electrons. The lowest BCUT2D eigenvalue weighted by Crippen LogP contribution is -2.06. The molecule has 1 unspecified atom stereocenters. The smallest absolute Gasteiger partial charge is 0.330 e. The topological polar surface area (TPSA) is 26.3 Å². The van der Waals surface area contributed by atoms with Crippen molar-refractivity contribution in [2.24, 2.45) is 0 Å². The van der Waals surface area contributed by atoms with E-state index in [2.05, 4.69) is 49.0 Å². The van der Waals surface area contributed by atoms with Crippen LogP contribution in [0.3, 0.4) is 0 Å². The SMILES string of the molecule is C=CC(=O)OCCCC1CS[C@H](c2cccc3ccccc23)S1. The van der Waals surface area contributed by atoms with Crippen LogP contribution in [0.25, 0.3) is 10.8 Å². The van der Waals surface area contributed by atoms with Gasteiger partial charge in [0.1, 0.15) is 0 Å². The van der Waals surface area contributed by atoms with Gasteiger partial charge in [-0.2, -0.15) is 0 Å². The number of hydrogen-bond acceptors (Lipinski definition) is 4. The van der Waals surface area contributed by atoms with Crippen molar-refractivity contribution in [2.75, 3.05) is 12.4 Å². The maximum Gasteiger partial charge on any atom is 0.330 e. The highest BCUT2D eigenvalue weighted by Gasteiger charge is 2.27. The molecule has 2 atom stereocenters. The summed E-state index contributed by atoms with van der Waals surface area (Å²) in [4.78, 5) is 11.0. The van der Waals surface area contributed by atoms with E-state index in [1.807, 2.05) is 23.5 Å². The Kier molecular flexibility index (Phi) is 5.68. The van der Waals surface area contributed by atoms with Crippen molar-refractivity contribution in [1.82, 2.24) is 0 Å². The van der Waals surface area contributed by atoms with Crippen molar-refractivity contribution in [1.29, 1.82) is 0 Å². The Morgan fingerprint density at radius 1 is 1.26 bits per heavy atom. The molecule has 4 heteroatoms. The van der Waals surface area contributed by atoms with Crippen molar-refractivity contribution in [3.05, 3.63) is 60.7 Å². The third kappa shape index (κ3) is 4.12. The summed E-state index contributed by atoms with van der Waals surface area (Å²) in [5.41, 5.74) is 1.43. The van der Waals surface area contributed by atoms with Gasteiger partial charge in [-0.3, -0.25) is 0 Å². The Bertz CT molecular complexity index is 693. The van der Waals surface area contributed by atoms with Crippen molar-refractivity contribution in [3.63, 3.8) is 0 Å². The van der Waals surface area contributed by atoms with Gasteiger partial charge in [0.05, 0.1) is 11.2 Å². The minimum absolute atomic E-state index is 0.327. The van der Waals surface area contributed by atoms with Crippen molar-refractivity contribution in [3.8, 4) is 0 Å². The molecule has 2 aromatic carbocycles. The number of ether oxygens (including phenoxy) is 1. The first-order valence-corrected chi connectivity index (χ1v) is 9.81. The maximum atomic E-state index is 11.0. The predicted octanol–water partition coefficient (Wildman–Crippen LogP) is 5.20. The minimum Gasteiger partial charge on any atom is -0.463 e. The highest BCUT2D eigenvalue weighted by atomic mass is 32.2. The molecule has 1 saturated heterocycles. The van der Waals surface area contributed by atoms with Crippen LogP contribution in [-0.2, 0) is 9.53 Å². The van der Waals surface area contributed by atoms with E-state index >= 15 is 0 Å². The molecule has 2 aromatic rings. The van der Waals surface area contributed by atoms with E-state index in [-0.39, 0.29) is 5.97 Å². The van der Waals surface area contributed by atoms with Crippen LogP contribution < -0.4 is 0 Å². The Morgan fingerprint density at radius 3 is 2.96 bits per heavy atom. The monoisotopic (exact) mass is 344 g/mol. The molecule has 1 aliphatic heterocycles. The van der Waals surface area contributed by atoms with E-state index in [4.69, 9.17) is 4.74 Å². The minimum atomic E-state index is -0.327. The molecular weight excluding hydrogens is 324 g/mol. The fourth-order valence-electron chi connectivity index (χ4n) is 2.76. The number of benzene rings is 2. The van der Waals surface area contributed by atoms with Gasteiger partial charge in [0.25, 0.3) is 0 Å². The summed E-state index contributed by atoms with van der Waals surface area (Å²) in [6, 6.07) is 15.2. The van der Waals surface area contributed by atoms with E-state index in [0.717, 1.165) is 18.6 Å². The summed E-state index contributed by atoms with van der Waals surface area (Å²) in [6.07, 6.45) is 3.22. The van der Waals surface area contributed by atoms with Crippen LogP contribution >= 0.6 is 23.5 Å². The van der Waals surface area contributed by atoms with Crippen molar-refractivity contribution in [2.45, 2.75) is 22.7 Å². The van der Waals surface area contributed by atoms with Gasteiger partial charge in [-0.1, -0.05) is 49.0 Å².